The Kier molecular flexibility index (Phi) is 5.71. The number of para-hydroxylation sites is 1. The standard InChI is InChI=1S/C23H31N3O4/c1-16-11-17(2)13-26(12-16)21(28)14-25-10-9-23(8-7-20(25)27)15-24-22(29)18-5-3-4-6-19(18)30-23/h3-6,16-17H,7-15H2,1-2H3,(H,24,29). The van der Waals surface area contributed by atoms with E-state index in [4.69, 9.17) is 4.74 Å². The molecule has 3 amide bonds. The van der Waals surface area contributed by atoms with Gasteiger partial charge in [-0.25, -0.2) is 0 Å². The van der Waals surface area contributed by atoms with E-state index < -0.39 is 5.60 Å². The van der Waals surface area contributed by atoms with Crippen LogP contribution in [0.5, 0.6) is 5.75 Å². The van der Waals surface area contributed by atoms with Gasteiger partial charge in [-0.05, 0) is 36.8 Å². The van der Waals surface area contributed by atoms with Crippen LogP contribution in [0.25, 0.3) is 0 Å². The molecule has 3 aliphatic heterocycles. The third-order valence-corrected chi connectivity index (χ3v) is 6.56. The Morgan fingerprint density at radius 3 is 2.67 bits per heavy atom. The van der Waals surface area contributed by atoms with Crippen LogP contribution in [-0.2, 0) is 9.59 Å². The lowest BCUT2D eigenvalue weighted by molar-refractivity contribution is -0.141. The van der Waals surface area contributed by atoms with E-state index in [0.717, 1.165) is 19.5 Å². The molecule has 2 fully saturated rings. The molecule has 7 nitrogen and oxygen atoms in total. The van der Waals surface area contributed by atoms with Gasteiger partial charge in [0.1, 0.15) is 11.4 Å². The van der Waals surface area contributed by atoms with Crippen LogP contribution in [0.4, 0.5) is 0 Å². The van der Waals surface area contributed by atoms with Crippen LogP contribution in [0.3, 0.4) is 0 Å². The van der Waals surface area contributed by atoms with Crippen LogP contribution in [0, 0.1) is 11.8 Å². The average molecular weight is 414 g/mol. The lowest BCUT2D eigenvalue weighted by atomic mass is 9.92. The maximum Gasteiger partial charge on any atom is 0.255 e. The number of rotatable bonds is 2. The summed E-state index contributed by atoms with van der Waals surface area (Å²) >= 11 is 0. The highest BCUT2D eigenvalue weighted by Gasteiger charge is 2.41. The molecule has 1 spiro atoms. The van der Waals surface area contributed by atoms with Gasteiger partial charge in [-0.3, -0.25) is 14.4 Å². The quantitative estimate of drug-likeness (QED) is 0.805. The average Bonchev–Trinajstić information content (AvgIpc) is 2.95. The molecule has 30 heavy (non-hydrogen) atoms. The van der Waals surface area contributed by atoms with Gasteiger partial charge >= 0.3 is 0 Å². The van der Waals surface area contributed by atoms with Crippen molar-refractivity contribution in [2.24, 2.45) is 11.8 Å². The second-order valence-corrected chi connectivity index (χ2v) is 9.27. The van der Waals surface area contributed by atoms with Crippen molar-refractivity contribution in [1.82, 2.24) is 15.1 Å². The van der Waals surface area contributed by atoms with Crippen molar-refractivity contribution in [2.45, 2.75) is 45.1 Å². The minimum Gasteiger partial charge on any atom is -0.485 e. The first-order valence-corrected chi connectivity index (χ1v) is 11.0. The van der Waals surface area contributed by atoms with Crippen molar-refractivity contribution in [3.05, 3.63) is 29.8 Å². The highest BCUT2D eigenvalue weighted by Crippen LogP contribution is 2.33. The minimum atomic E-state index is -0.635. The van der Waals surface area contributed by atoms with Gasteiger partial charge in [0, 0.05) is 32.5 Å². The van der Waals surface area contributed by atoms with Crippen molar-refractivity contribution >= 4 is 17.7 Å². The lowest BCUT2D eigenvalue weighted by Crippen LogP contribution is -2.48. The molecule has 0 bridgehead atoms. The fourth-order valence-electron chi connectivity index (χ4n) is 5.01. The van der Waals surface area contributed by atoms with Crippen LogP contribution in [-0.4, -0.2) is 65.8 Å². The number of fused-ring (bicyclic) bond motifs is 1. The number of nitrogens with one attached hydrogen (secondary N) is 1. The number of ether oxygens (including phenoxy) is 1. The second-order valence-electron chi connectivity index (χ2n) is 9.27. The number of piperidine rings is 1. The van der Waals surface area contributed by atoms with E-state index in [-0.39, 0.29) is 24.3 Å². The van der Waals surface area contributed by atoms with Crippen LogP contribution < -0.4 is 10.1 Å². The summed E-state index contributed by atoms with van der Waals surface area (Å²) in [6, 6.07) is 7.20. The first-order chi connectivity index (χ1) is 14.3. The first kappa shape index (κ1) is 20.7. The zero-order valence-corrected chi connectivity index (χ0v) is 17.9. The number of hydrogen-bond donors (Lipinski definition) is 1. The molecule has 3 atom stereocenters. The monoisotopic (exact) mass is 413 g/mol. The molecule has 1 aromatic rings. The Morgan fingerprint density at radius 2 is 1.90 bits per heavy atom. The Hall–Kier alpha value is -2.57. The van der Waals surface area contributed by atoms with Gasteiger partial charge in [0.15, 0.2) is 0 Å². The molecule has 7 heteroatoms. The molecule has 162 valence electrons. The highest BCUT2D eigenvalue weighted by atomic mass is 16.5. The van der Waals surface area contributed by atoms with E-state index in [1.54, 1.807) is 17.0 Å². The predicted octanol–water partition coefficient (Wildman–Crippen LogP) is 2.06. The van der Waals surface area contributed by atoms with Crippen LogP contribution in [0.15, 0.2) is 24.3 Å². The molecule has 0 radical (unpaired) electrons. The molecular formula is C23H31N3O4. The summed E-state index contributed by atoms with van der Waals surface area (Å²) in [5.41, 5.74) is -0.116. The fourth-order valence-corrected chi connectivity index (χ4v) is 5.01. The largest absolute Gasteiger partial charge is 0.485 e. The van der Waals surface area contributed by atoms with Crippen molar-refractivity contribution < 1.29 is 19.1 Å². The maximum absolute atomic E-state index is 12.9. The van der Waals surface area contributed by atoms with E-state index >= 15 is 0 Å². The Labute approximate surface area is 177 Å². The summed E-state index contributed by atoms with van der Waals surface area (Å²) < 4.78 is 6.32. The van der Waals surface area contributed by atoms with Gasteiger partial charge in [0.25, 0.3) is 5.91 Å². The number of nitrogens with zero attached hydrogens (tertiary/aromatic N) is 2. The minimum absolute atomic E-state index is 0.0224. The van der Waals surface area contributed by atoms with E-state index in [2.05, 4.69) is 19.2 Å². The van der Waals surface area contributed by atoms with E-state index in [9.17, 15) is 14.4 Å². The number of hydrogen-bond acceptors (Lipinski definition) is 4. The topological polar surface area (TPSA) is 79.0 Å². The summed E-state index contributed by atoms with van der Waals surface area (Å²) in [6.07, 6.45) is 2.54. The lowest BCUT2D eigenvalue weighted by Gasteiger charge is -2.36. The van der Waals surface area contributed by atoms with Gasteiger partial charge < -0.3 is 19.9 Å². The highest BCUT2D eigenvalue weighted by molar-refractivity contribution is 5.97. The Morgan fingerprint density at radius 1 is 1.17 bits per heavy atom. The normalized spacial score (nSPS) is 29.5. The smallest absolute Gasteiger partial charge is 0.255 e. The summed E-state index contributed by atoms with van der Waals surface area (Å²) in [4.78, 5) is 41.7. The maximum atomic E-state index is 12.9. The summed E-state index contributed by atoms with van der Waals surface area (Å²) in [6.45, 7) is 6.80. The van der Waals surface area contributed by atoms with Crippen LogP contribution >= 0.6 is 0 Å². The molecule has 0 saturated carbocycles. The number of benzene rings is 1. The zero-order valence-electron chi connectivity index (χ0n) is 17.9. The Balaban J connectivity index is 1.44. The molecule has 0 aliphatic carbocycles. The van der Waals surface area contributed by atoms with E-state index in [1.165, 1.54) is 0 Å². The van der Waals surface area contributed by atoms with E-state index in [0.29, 0.717) is 55.5 Å². The van der Waals surface area contributed by atoms with Crippen LogP contribution in [0.1, 0.15) is 49.9 Å². The summed E-state index contributed by atoms with van der Waals surface area (Å²) in [5, 5.41) is 2.95. The molecular weight excluding hydrogens is 382 g/mol. The number of likely N-dealkylation sites (tertiary alicyclic amines) is 2. The molecule has 3 heterocycles. The molecule has 0 aromatic heterocycles. The van der Waals surface area contributed by atoms with Gasteiger partial charge in [-0.1, -0.05) is 26.0 Å². The van der Waals surface area contributed by atoms with Crippen molar-refractivity contribution in [3.8, 4) is 5.75 Å². The SMILES string of the molecule is CC1CC(C)CN(C(=O)CN2CCC3(CCC2=O)CNC(=O)c2ccccc2O3)C1. The molecule has 1 aromatic carbocycles. The fraction of sp³-hybridized carbons (Fsp3) is 0.609. The number of amides is 3. The number of carbonyl (C=O) groups is 3. The molecule has 2 saturated heterocycles. The van der Waals surface area contributed by atoms with Gasteiger partial charge in [-0.2, -0.15) is 0 Å². The van der Waals surface area contributed by atoms with Crippen LogP contribution in [0.2, 0.25) is 0 Å². The first-order valence-electron chi connectivity index (χ1n) is 11.0. The summed E-state index contributed by atoms with van der Waals surface area (Å²) in [5.74, 6) is 1.39. The molecule has 4 rings (SSSR count). The molecule has 3 aliphatic rings. The van der Waals surface area contributed by atoms with Crippen molar-refractivity contribution in [2.75, 3.05) is 32.7 Å². The van der Waals surface area contributed by atoms with Gasteiger partial charge in [0.05, 0.1) is 18.7 Å². The van der Waals surface area contributed by atoms with E-state index in [1.807, 2.05) is 17.0 Å². The van der Waals surface area contributed by atoms with Crippen molar-refractivity contribution in [1.29, 1.82) is 0 Å². The molecule has 3 unspecified atom stereocenters. The second kappa shape index (κ2) is 8.28. The third kappa shape index (κ3) is 4.30. The number of carbonyl (C=O) groups excluding carboxylic acids is 3. The Bertz CT molecular complexity index is 831. The third-order valence-electron chi connectivity index (χ3n) is 6.56. The predicted molar refractivity (Wildman–Crippen MR) is 112 cm³/mol. The van der Waals surface area contributed by atoms with Gasteiger partial charge in [0.2, 0.25) is 11.8 Å². The summed E-state index contributed by atoms with van der Waals surface area (Å²) in [7, 11) is 0. The molecule has 1 N–H and O–H groups in total. The van der Waals surface area contributed by atoms with Crippen molar-refractivity contribution in [3.63, 3.8) is 0 Å². The zero-order chi connectivity index (χ0) is 21.3. The van der Waals surface area contributed by atoms with Gasteiger partial charge in [-0.15, -0.1) is 0 Å².